The van der Waals surface area contributed by atoms with E-state index in [0.29, 0.717) is 17.0 Å². The van der Waals surface area contributed by atoms with Crippen molar-refractivity contribution in [3.63, 3.8) is 0 Å². The maximum Gasteiger partial charge on any atom is 0.272 e. The molecule has 1 aromatic carbocycles. The summed E-state index contributed by atoms with van der Waals surface area (Å²) < 4.78 is 19.3. The molecule has 0 aliphatic rings. The number of rotatable bonds is 4. The van der Waals surface area contributed by atoms with E-state index in [0.717, 1.165) is 6.07 Å². The Balaban J connectivity index is 2.08. The van der Waals surface area contributed by atoms with Crippen LogP contribution in [-0.4, -0.2) is 4.92 Å². The van der Waals surface area contributed by atoms with E-state index in [1.165, 1.54) is 12.1 Å². The Kier molecular flexibility index (Phi) is 3.61. The lowest BCUT2D eigenvalue weighted by Crippen LogP contribution is -2.01. The molecule has 0 spiro atoms. The Morgan fingerprint density at radius 3 is 2.72 bits per heavy atom. The van der Waals surface area contributed by atoms with E-state index in [-0.39, 0.29) is 11.4 Å². The average molecular weight is 315 g/mol. The van der Waals surface area contributed by atoms with Crippen LogP contribution in [0, 0.1) is 15.9 Å². The molecule has 0 fully saturated rings. The lowest BCUT2D eigenvalue weighted by atomic mass is 10.2. The summed E-state index contributed by atoms with van der Waals surface area (Å²) in [7, 11) is 0. The third-order valence-electron chi connectivity index (χ3n) is 2.25. The Hall–Kier alpha value is -1.89. The molecule has 5 nitrogen and oxygen atoms in total. The summed E-state index contributed by atoms with van der Waals surface area (Å²) in [6, 6.07) is 6.90. The number of nitrogens with one attached hydrogen (secondary N) is 1. The van der Waals surface area contributed by atoms with Crippen molar-refractivity contribution in [2.45, 2.75) is 6.54 Å². The molecule has 0 radical (unpaired) electrons. The number of hydrogen-bond acceptors (Lipinski definition) is 4. The number of hydrogen-bond donors (Lipinski definition) is 1. The van der Waals surface area contributed by atoms with Gasteiger partial charge in [-0.05, 0) is 34.1 Å². The first-order chi connectivity index (χ1) is 8.56. The van der Waals surface area contributed by atoms with Crippen LogP contribution in [0.5, 0.6) is 0 Å². The fraction of sp³-hybridized carbons (Fsp3) is 0.0909. The van der Waals surface area contributed by atoms with E-state index < -0.39 is 10.7 Å². The van der Waals surface area contributed by atoms with Crippen LogP contribution in [0.25, 0.3) is 0 Å². The monoisotopic (exact) mass is 314 g/mol. The molecule has 0 unspecified atom stereocenters. The lowest BCUT2D eigenvalue weighted by Gasteiger charge is -2.05. The fourth-order valence-corrected chi connectivity index (χ4v) is 1.73. The smallest absolute Gasteiger partial charge is 0.272 e. The summed E-state index contributed by atoms with van der Waals surface area (Å²) in [4.78, 5) is 9.80. The van der Waals surface area contributed by atoms with Gasteiger partial charge in [-0.3, -0.25) is 10.1 Å². The highest BCUT2D eigenvalue weighted by molar-refractivity contribution is 9.10. The quantitative estimate of drug-likeness (QED) is 0.690. The van der Waals surface area contributed by atoms with Crippen LogP contribution < -0.4 is 5.32 Å². The molecule has 0 bridgehead atoms. The van der Waals surface area contributed by atoms with Gasteiger partial charge in [0, 0.05) is 6.07 Å². The number of halogens is 2. The van der Waals surface area contributed by atoms with Gasteiger partial charge >= 0.3 is 0 Å². The molecule has 18 heavy (non-hydrogen) atoms. The Bertz CT molecular complexity index is 585. The van der Waals surface area contributed by atoms with Crippen molar-refractivity contribution < 1.29 is 13.7 Å². The van der Waals surface area contributed by atoms with Gasteiger partial charge in [-0.15, -0.1) is 0 Å². The van der Waals surface area contributed by atoms with Crippen molar-refractivity contribution in [3.05, 3.63) is 56.7 Å². The molecule has 0 aliphatic carbocycles. The summed E-state index contributed by atoms with van der Waals surface area (Å²) in [5.74, 6) is -0.0468. The van der Waals surface area contributed by atoms with Crippen molar-refractivity contribution >= 4 is 27.3 Å². The second-order valence-corrected chi connectivity index (χ2v) is 4.26. The van der Waals surface area contributed by atoms with Crippen LogP contribution in [0.1, 0.15) is 5.76 Å². The van der Waals surface area contributed by atoms with E-state index in [9.17, 15) is 14.5 Å². The molecule has 7 heteroatoms. The van der Waals surface area contributed by atoms with E-state index in [1.54, 1.807) is 12.1 Å². The van der Waals surface area contributed by atoms with Crippen molar-refractivity contribution in [1.82, 2.24) is 0 Å². The van der Waals surface area contributed by atoms with Crippen LogP contribution in [0.4, 0.5) is 15.8 Å². The highest BCUT2D eigenvalue weighted by Crippen LogP contribution is 2.21. The highest BCUT2D eigenvalue weighted by atomic mass is 79.9. The molecule has 0 atom stereocenters. The third kappa shape index (κ3) is 2.86. The maximum atomic E-state index is 13.5. The van der Waals surface area contributed by atoms with Crippen LogP contribution in [-0.2, 0) is 6.54 Å². The molecule has 2 aromatic rings. The molecule has 2 rings (SSSR count). The Morgan fingerprint density at radius 1 is 1.39 bits per heavy atom. The molecular weight excluding hydrogens is 307 g/mol. The van der Waals surface area contributed by atoms with Gasteiger partial charge in [0.2, 0.25) is 0 Å². The molecule has 0 saturated carbocycles. The normalized spacial score (nSPS) is 10.3. The second kappa shape index (κ2) is 5.18. The van der Waals surface area contributed by atoms with Gasteiger partial charge in [-0.25, -0.2) is 4.39 Å². The van der Waals surface area contributed by atoms with E-state index in [2.05, 4.69) is 21.2 Å². The van der Waals surface area contributed by atoms with Gasteiger partial charge in [0.05, 0.1) is 23.2 Å². The minimum atomic E-state index is -0.671. The summed E-state index contributed by atoms with van der Waals surface area (Å²) in [5.41, 5.74) is -0.0908. The van der Waals surface area contributed by atoms with Crippen molar-refractivity contribution in [1.29, 1.82) is 0 Å². The predicted octanol–water partition coefficient (Wildman–Crippen LogP) is 3.70. The molecule has 0 saturated heterocycles. The molecule has 1 heterocycles. The fourth-order valence-electron chi connectivity index (χ4n) is 1.39. The van der Waals surface area contributed by atoms with Crippen molar-refractivity contribution in [2.24, 2.45) is 0 Å². The minimum absolute atomic E-state index is 0.188. The number of non-ortho nitro benzene ring substituents is 1. The van der Waals surface area contributed by atoms with Crippen molar-refractivity contribution in [3.8, 4) is 0 Å². The van der Waals surface area contributed by atoms with Gasteiger partial charge in [0.25, 0.3) is 5.69 Å². The molecular formula is C11H8BrFN2O3. The zero-order valence-corrected chi connectivity index (χ0v) is 10.6. The Labute approximate surface area is 110 Å². The number of furan rings is 1. The molecule has 1 N–H and O–H groups in total. The van der Waals surface area contributed by atoms with Crippen LogP contribution in [0.15, 0.2) is 39.4 Å². The predicted molar refractivity (Wildman–Crippen MR) is 66.8 cm³/mol. The van der Waals surface area contributed by atoms with Crippen LogP contribution in [0.2, 0.25) is 0 Å². The van der Waals surface area contributed by atoms with Crippen molar-refractivity contribution in [2.75, 3.05) is 5.32 Å². The number of benzene rings is 1. The van der Waals surface area contributed by atoms with Gasteiger partial charge in [-0.2, -0.15) is 0 Å². The standard InChI is InChI=1S/C11H8BrFN2O3/c12-11-4-2-8(18-11)6-14-10-3-1-7(15(16)17)5-9(10)13/h1-5,14H,6H2. The lowest BCUT2D eigenvalue weighted by molar-refractivity contribution is -0.385. The summed E-state index contributed by atoms with van der Waals surface area (Å²) in [6.45, 7) is 0.292. The third-order valence-corrected chi connectivity index (χ3v) is 2.67. The zero-order valence-electron chi connectivity index (χ0n) is 9.02. The number of nitrogens with zero attached hydrogens (tertiary/aromatic N) is 1. The summed E-state index contributed by atoms with van der Waals surface area (Å²) in [5, 5.41) is 13.2. The maximum absolute atomic E-state index is 13.5. The van der Waals surface area contributed by atoms with Crippen LogP contribution >= 0.6 is 15.9 Å². The van der Waals surface area contributed by atoms with Gasteiger partial charge < -0.3 is 9.73 Å². The average Bonchev–Trinajstić information content (AvgIpc) is 2.73. The number of nitro groups is 1. The first-order valence-corrected chi connectivity index (χ1v) is 5.77. The first kappa shape index (κ1) is 12.6. The van der Waals surface area contributed by atoms with E-state index in [4.69, 9.17) is 4.42 Å². The van der Waals surface area contributed by atoms with Gasteiger partial charge in [0.15, 0.2) is 10.5 Å². The molecule has 1 aromatic heterocycles. The van der Waals surface area contributed by atoms with E-state index >= 15 is 0 Å². The van der Waals surface area contributed by atoms with Gasteiger partial charge in [-0.1, -0.05) is 0 Å². The highest BCUT2D eigenvalue weighted by Gasteiger charge is 2.10. The number of nitro benzene ring substituents is 1. The molecule has 0 aliphatic heterocycles. The van der Waals surface area contributed by atoms with Gasteiger partial charge in [0.1, 0.15) is 5.76 Å². The Morgan fingerprint density at radius 2 is 2.17 bits per heavy atom. The molecule has 0 amide bonds. The topological polar surface area (TPSA) is 68.3 Å². The summed E-state index contributed by atoms with van der Waals surface area (Å²) >= 11 is 3.15. The second-order valence-electron chi connectivity index (χ2n) is 3.48. The minimum Gasteiger partial charge on any atom is -0.452 e. The first-order valence-electron chi connectivity index (χ1n) is 4.98. The number of anilines is 1. The SMILES string of the molecule is O=[N+]([O-])c1ccc(NCc2ccc(Br)o2)c(F)c1. The van der Waals surface area contributed by atoms with E-state index in [1.807, 2.05) is 0 Å². The molecule has 94 valence electrons. The largest absolute Gasteiger partial charge is 0.452 e. The summed E-state index contributed by atoms with van der Waals surface area (Å²) in [6.07, 6.45) is 0. The van der Waals surface area contributed by atoms with Crippen LogP contribution in [0.3, 0.4) is 0 Å². The zero-order chi connectivity index (χ0) is 13.1.